The molecule has 1 aliphatic heterocycles. The van der Waals surface area contributed by atoms with E-state index in [9.17, 15) is 8.42 Å². The van der Waals surface area contributed by atoms with Gasteiger partial charge in [0.05, 0.1) is 11.5 Å². The van der Waals surface area contributed by atoms with Gasteiger partial charge in [0.25, 0.3) is 0 Å². The van der Waals surface area contributed by atoms with Crippen molar-refractivity contribution in [3.8, 4) is 0 Å². The lowest BCUT2D eigenvalue weighted by atomic mass is 10.0. The zero-order valence-corrected chi connectivity index (χ0v) is 12.9. The van der Waals surface area contributed by atoms with Gasteiger partial charge in [-0.05, 0) is 43.4 Å². The highest BCUT2D eigenvalue weighted by Crippen LogP contribution is 2.26. The summed E-state index contributed by atoms with van der Waals surface area (Å²) in [5.74, 6) is 0.218. The Morgan fingerprint density at radius 3 is 2.90 bits per heavy atom. The zero-order chi connectivity index (χ0) is 14.8. The predicted octanol–water partition coefficient (Wildman–Crippen LogP) is 1.94. The topological polar surface area (TPSA) is 81.4 Å². The predicted molar refractivity (Wildman–Crippen MR) is 79.3 cm³/mol. The first-order valence-corrected chi connectivity index (χ1v) is 8.39. The number of nitrogen functional groups attached to an aromatic ring is 1. The molecule has 1 aromatic carbocycles. The first kappa shape index (κ1) is 15.6. The Morgan fingerprint density at radius 1 is 1.50 bits per heavy atom. The van der Waals surface area contributed by atoms with Gasteiger partial charge in [0.15, 0.2) is 0 Å². The lowest BCUT2D eigenvalue weighted by Crippen LogP contribution is -2.33. The normalized spacial score (nSPS) is 20.0. The van der Waals surface area contributed by atoms with E-state index in [1.807, 2.05) is 0 Å². The number of nitrogens with two attached hydrogens (primary N) is 1. The van der Waals surface area contributed by atoms with Gasteiger partial charge in [-0.3, -0.25) is 0 Å². The van der Waals surface area contributed by atoms with Gasteiger partial charge < -0.3 is 10.5 Å². The van der Waals surface area contributed by atoms with Crippen LogP contribution in [0.5, 0.6) is 0 Å². The van der Waals surface area contributed by atoms with Gasteiger partial charge in [-0.25, -0.2) is 13.1 Å². The average molecular weight is 319 g/mol. The number of benzene rings is 1. The molecule has 0 radical (unpaired) electrons. The van der Waals surface area contributed by atoms with Crippen molar-refractivity contribution in [2.75, 3.05) is 25.5 Å². The first-order valence-electron chi connectivity index (χ1n) is 6.53. The smallest absolute Gasteiger partial charge is 0.240 e. The van der Waals surface area contributed by atoms with Crippen LogP contribution in [-0.4, -0.2) is 28.2 Å². The third-order valence-corrected chi connectivity index (χ3v) is 5.24. The number of sulfonamides is 1. The van der Waals surface area contributed by atoms with Crippen LogP contribution in [0.2, 0.25) is 5.02 Å². The number of rotatable bonds is 4. The van der Waals surface area contributed by atoms with Gasteiger partial charge in [0.1, 0.15) is 0 Å². The Hall–Kier alpha value is -0.820. The fraction of sp³-hybridized carbons (Fsp3) is 0.538. The van der Waals surface area contributed by atoms with E-state index in [1.165, 1.54) is 6.07 Å². The molecular formula is C13H19ClN2O3S. The van der Waals surface area contributed by atoms with Crippen LogP contribution in [-0.2, 0) is 14.8 Å². The van der Waals surface area contributed by atoms with Gasteiger partial charge in [-0.15, -0.1) is 0 Å². The lowest BCUT2D eigenvalue weighted by molar-refractivity contribution is 0.0568. The van der Waals surface area contributed by atoms with Crippen LogP contribution >= 0.6 is 11.6 Å². The van der Waals surface area contributed by atoms with E-state index in [2.05, 4.69) is 4.72 Å². The molecule has 1 aromatic rings. The van der Waals surface area contributed by atoms with Crippen molar-refractivity contribution < 1.29 is 13.2 Å². The number of hydrogen-bond acceptors (Lipinski definition) is 4. The van der Waals surface area contributed by atoms with Crippen molar-refractivity contribution in [2.45, 2.75) is 24.7 Å². The maximum Gasteiger partial charge on any atom is 0.240 e. The fourth-order valence-electron chi connectivity index (χ4n) is 2.23. The lowest BCUT2D eigenvalue weighted by Gasteiger charge is -2.22. The van der Waals surface area contributed by atoms with Crippen molar-refractivity contribution in [1.82, 2.24) is 4.72 Å². The van der Waals surface area contributed by atoms with Crippen LogP contribution in [0.4, 0.5) is 5.69 Å². The third-order valence-electron chi connectivity index (χ3n) is 3.47. The monoisotopic (exact) mass is 318 g/mol. The molecule has 1 heterocycles. The van der Waals surface area contributed by atoms with Crippen molar-refractivity contribution in [2.24, 2.45) is 5.92 Å². The molecule has 20 heavy (non-hydrogen) atoms. The van der Waals surface area contributed by atoms with Crippen LogP contribution in [0.15, 0.2) is 17.0 Å². The molecule has 0 aliphatic carbocycles. The Bertz CT molecular complexity index is 584. The summed E-state index contributed by atoms with van der Waals surface area (Å²) >= 11 is 5.88. The van der Waals surface area contributed by atoms with E-state index >= 15 is 0 Å². The van der Waals surface area contributed by atoms with E-state index in [0.717, 1.165) is 19.4 Å². The molecule has 2 rings (SSSR count). The quantitative estimate of drug-likeness (QED) is 0.831. The molecular weight excluding hydrogens is 300 g/mol. The van der Waals surface area contributed by atoms with Gasteiger partial charge in [-0.2, -0.15) is 0 Å². The average Bonchev–Trinajstić information content (AvgIpc) is 2.42. The van der Waals surface area contributed by atoms with Crippen molar-refractivity contribution >= 4 is 27.3 Å². The highest BCUT2D eigenvalue weighted by atomic mass is 35.5. The highest BCUT2D eigenvalue weighted by Gasteiger charge is 2.22. The summed E-state index contributed by atoms with van der Waals surface area (Å²) in [6.07, 6.45) is 1.94. The van der Waals surface area contributed by atoms with E-state index < -0.39 is 10.0 Å². The van der Waals surface area contributed by atoms with E-state index in [-0.39, 0.29) is 10.8 Å². The van der Waals surface area contributed by atoms with Crippen LogP contribution in [0.1, 0.15) is 18.4 Å². The Labute approximate surface area is 124 Å². The second-order valence-electron chi connectivity index (χ2n) is 5.05. The Balaban J connectivity index is 2.14. The second kappa shape index (κ2) is 6.30. The summed E-state index contributed by atoms with van der Waals surface area (Å²) in [4.78, 5) is 0.138. The Kier molecular flexibility index (Phi) is 4.90. The fourth-order valence-corrected chi connectivity index (χ4v) is 3.93. The van der Waals surface area contributed by atoms with Crippen LogP contribution in [0, 0.1) is 12.8 Å². The highest BCUT2D eigenvalue weighted by molar-refractivity contribution is 7.89. The van der Waals surface area contributed by atoms with Crippen LogP contribution in [0.3, 0.4) is 0 Å². The van der Waals surface area contributed by atoms with Gasteiger partial charge in [0.2, 0.25) is 10.0 Å². The number of ether oxygens (including phenoxy) is 1. The van der Waals surface area contributed by atoms with E-state index in [1.54, 1.807) is 13.0 Å². The Morgan fingerprint density at radius 2 is 2.25 bits per heavy atom. The minimum Gasteiger partial charge on any atom is -0.398 e. The van der Waals surface area contributed by atoms with Gasteiger partial charge in [-0.1, -0.05) is 11.6 Å². The van der Waals surface area contributed by atoms with Crippen LogP contribution in [0.25, 0.3) is 0 Å². The molecule has 1 aliphatic rings. The minimum absolute atomic E-state index is 0.138. The molecule has 7 heteroatoms. The molecule has 1 unspecified atom stereocenters. The summed E-state index contributed by atoms with van der Waals surface area (Å²) in [5.41, 5.74) is 6.65. The second-order valence-corrected chi connectivity index (χ2v) is 7.23. The minimum atomic E-state index is -3.61. The molecule has 0 bridgehead atoms. The summed E-state index contributed by atoms with van der Waals surface area (Å²) in [6.45, 7) is 3.39. The van der Waals surface area contributed by atoms with E-state index in [4.69, 9.17) is 22.1 Å². The number of hydrogen-bond donors (Lipinski definition) is 2. The van der Waals surface area contributed by atoms with E-state index in [0.29, 0.717) is 29.4 Å². The molecule has 0 aromatic heterocycles. The molecule has 0 spiro atoms. The summed E-state index contributed by atoms with van der Waals surface area (Å²) in [7, 11) is -3.61. The molecule has 0 amide bonds. The number of halogens is 1. The van der Waals surface area contributed by atoms with Crippen LogP contribution < -0.4 is 10.5 Å². The molecule has 1 saturated heterocycles. The maximum atomic E-state index is 12.3. The summed E-state index contributed by atoms with van der Waals surface area (Å²) in [5, 5.41) is 0.314. The first-order chi connectivity index (χ1) is 9.40. The molecule has 0 saturated carbocycles. The molecule has 112 valence electrons. The largest absolute Gasteiger partial charge is 0.398 e. The summed E-state index contributed by atoms with van der Waals surface area (Å²) in [6, 6.07) is 2.97. The van der Waals surface area contributed by atoms with Crippen molar-refractivity contribution in [3.05, 3.63) is 22.7 Å². The summed E-state index contributed by atoms with van der Waals surface area (Å²) < 4.78 is 32.6. The molecule has 5 nitrogen and oxygen atoms in total. The molecule has 1 fully saturated rings. The zero-order valence-electron chi connectivity index (χ0n) is 11.4. The maximum absolute atomic E-state index is 12.3. The van der Waals surface area contributed by atoms with Crippen molar-refractivity contribution in [3.63, 3.8) is 0 Å². The molecule has 1 atom stereocenters. The van der Waals surface area contributed by atoms with Gasteiger partial charge >= 0.3 is 0 Å². The third kappa shape index (κ3) is 3.63. The SMILES string of the molecule is Cc1c(N)cc(Cl)cc1S(=O)(=O)NCC1CCCOC1. The number of anilines is 1. The molecule has 3 N–H and O–H groups in total. The van der Waals surface area contributed by atoms with Crippen molar-refractivity contribution in [1.29, 1.82) is 0 Å². The van der Waals surface area contributed by atoms with Gasteiger partial charge in [0, 0.05) is 23.9 Å². The number of nitrogens with one attached hydrogen (secondary N) is 1. The standard InChI is InChI=1S/C13H19ClN2O3S/c1-9-12(15)5-11(14)6-13(9)20(17,18)16-7-10-3-2-4-19-8-10/h5-6,10,16H,2-4,7-8,15H2,1H3.